The Morgan fingerprint density at radius 2 is 1.90 bits per heavy atom. The van der Waals surface area contributed by atoms with Crippen LogP contribution < -0.4 is 13.8 Å². The Bertz CT molecular complexity index is 1900. The van der Waals surface area contributed by atoms with Gasteiger partial charge in [-0.2, -0.15) is 0 Å². The van der Waals surface area contributed by atoms with Gasteiger partial charge >= 0.3 is 0 Å². The average molecular weight is 561 g/mol. The number of nitrogens with zero attached hydrogens (tertiary/aromatic N) is 4. The summed E-state index contributed by atoms with van der Waals surface area (Å²) >= 11 is 0. The molecule has 2 heterocycles. The highest BCUT2D eigenvalue weighted by molar-refractivity contribution is 7.92. The number of benzene rings is 3. The Morgan fingerprint density at radius 1 is 1.15 bits per heavy atom. The predicted molar refractivity (Wildman–Crippen MR) is 151 cm³/mol. The smallest absolute Gasteiger partial charge is 0.232 e. The number of aromatic nitrogens is 2. The van der Waals surface area contributed by atoms with Crippen molar-refractivity contribution in [3.05, 3.63) is 95.4 Å². The summed E-state index contributed by atoms with van der Waals surface area (Å²) in [6, 6.07) is 14.6. The van der Waals surface area contributed by atoms with Crippen LogP contribution in [0.5, 0.6) is 17.4 Å². The lowest BCUT2D eigenvalue weighted by Gasteiger charge is -2.21. The molecule has 0 saturated carbocycles. The minimum absolute atomic E-state index is 0.0300. The summed E-state index contributed by atoms with van der Waals surface area (Å²) in [4.78, 5) is 7.91. The summed E-state index contributed by atoms with van der Waals surface area (Å²) in [7, 11) is -0.702. The second kappa shape index (κ2) is 10.4. The van der Waals surface area contributed by atoms with E-state index in [0.29, 0.717) is 33.3 Å². The van der Waals surface area contributed by atoms with E-state index in [1.807, 2.05) is 12.1 Å². The first-order chi connectivity index (χ1) is 19.1. The van der Waals surface area contributed by atoms with E-state index in [-0.39, 0.29) is 35.9 Å². The number of pyridine rings is 1. The predicted octanol–water partition coefficient (Wildman–Crippen LogP) is 5.62. The van der Waals surface area contributed by atoms with Crippen molar-refractivity contribution in [1.82, 2.24) is 9.55 Å². The summed E-state index contributed by atoms with van der Waals surface area (Å²) in [6.07, 6.45) is 4.26. The first-order valence-corrected chi connectivity index (χ1v) is 13.9. The van der Waals surface area contributed by atoms with Gasteiger partial charge in [0, 0.05) is 36.8 Å². The Morgan fingerprint density at radius 3 is 2.58 bits per heavy atom. The standard InChI is InChI=1S/C29H25FN4O5S/c1-31-24-14-20(30)10-9-19(24)15-34-16-23-25(29(34)35)28(39-17-18-7-11-21(38-3)12-8-18)26-22(6-5-13-32-26)27(23)33(2)40(4,36)37/h5-14,16,35H,15,17H2,2-4H3. The van der Waals surface area contributed by atoms with Gasteiger partial charge in [0.15, 0.2) is 11.4 Å². The molecule has 40 heavy (non-hydrogen) atoms. The average Bonchev–Trinajstić information content (AvgIpc) is 3.26. The van der Waals surface area contributed by atoms with E-state index in [4.69, 9.17) is 16.0 Å². The van der Waals surface area contributed by atoms with Crippen molar-refractivity contribution in [3.8, 4) is 17.4 Å². The molecular weight excluding hydrogens is 535 g/mol. The van der Waals surface area contributed by atoms with Crippen molar-refractivity contribution in [2.75, 3.05) is 24.7 Å². The van der Waals surface area contributed by atoms with E-state index < -0.39 is 15.8 Å². The van der Waals surface area contributed by atoms with Crippen molar-refractivity contribution >= 4 is 43.1 Å². The number of methoxy groups -OCH3 is 1. The first-order valence-electron chi connectivity index (χ1n) is 12.1. The lowest BCUT2D eigenvalue weighted by Crippen LogP contribution is -2.25. The lowest BCUT2D eigenvalue weighted by atomic mass is 10.1. The van der Waals surface area contributed by atoms with Gasteiger partial charge in [0.2, 0.25) is 15.9 Å². The third-order valence-corrected chi connectivity index (χ3v) is 7.85. The van der Waals surface area contributed by atoms with Crippen LogP contribution in [0, 0.1) is 12.4 Å². The minimum atomic E-state index is -3.71. The fraction of sp³-hybridized carbons (Fsp3) is 0.172. The van der Waals surface area contributed by atoms with Crippen LogP contribution in [0.3, 0.4) is 0 Å². The number of halogens is 1. The molecule has 5 rings (SSSR count). The fourth-order valence-corrected chi connectivity index (χ4v) is 5.12. The molecule has 0 aliphatic rings. The number of anilines is 1. The van der Waals surface area contributed by atoms with Crippen molar-refractivity contribution < 1.29 is 27.4 Å². The zero-order valence-electron chi connectivity index (χ0n) is 21.9. The molecule has 3 aromatic carbocycles. The molecule has 0 aliphatic carbocycles. The Labute approximate surface area is 230 Å². The van der Waals surface area contributed by atoms with Crippen LogP contribution in [0.1, 0.15) is 11.1 Å². The Hall–Kier alpha value is -4.82. The number of hydrogen-bond acceptors (Lipinski definition) is 6. The zero-order valence-corrected chi connectivity index (χ0v) is 22.7. The van der Waals surface area contributed by atoms with E-state index in [9.17, 15) is 17.9 Å². The molecule has 0 atom stereocenters. The molecule has 11 heteroatoms. The van der Waals surface area contributed by atoms with Crippen LogP contribution >= 0.6 is 0 Å². The second-order valence-electron chi connectivity index (χ2n) is 9.20. The van der Waals surface area contributed by atoms with Gasteiger partial charge in [-0.25, -0.2) is 17.7 Å². The molecule has 0 spiro atoms. The lowest BCUT2D eigenvalue weighted by molar-refractivity contribution is 0.311. The SMILES string of the molecule is [C-]#[N+]c1cc(F)ccc1Cn1cc2c(N(C)S(C)(=O)=O)c3cccnc3c(OCc3ccc(OC)cc3)c2c1O. The van der Waals surface area contributed by atoms with Crippen molar-refractivity contribution in [3.63, 3.8) is 0 Å². The molecule has 2 aromatic heterocycles. The molecular formula is C29H25FN4O5S. The minimum Gasteiger partial charge on any atom is -0.497 e. The number of hydrogen-bond donors (Lipinski definition) is 1. The summed E-state index contributed by atoms with van der Waals surface area (Å²) in [6.45, 7) is 7.60. The van der Waals surface area contributed by atoms with Gasteiger partial charge in [0.05, 0.1) is 31.0 Å². The second-order valence-corrected chi connectivity index (χ2v) is 11.2. The van der Waals surface area contributed by atoms with Crippen LogP contribution in [0.2, 0.25) is 0 Å². The van der Waals surface area contributed by atoms with E-state index in [1.165, 1.54) is 23.7 Å². The number of aromatic hydroxyl groups is 1. The fourth-order valence-electron chi connectivity index (χ4n) is 4.59. The zero-order chi connectivity index (χ0) is 28.6. The Balaban J connectivity index is 1.74. The maximum absolute atomic E-state index is 13.8. The van der Waals surface area contributed by atoms with E-state index in [0.717, 1.165) is 22.2 Å². The van der Waals surface area contributed by atoms with Gasteiger partial charge in [-0.1, -0.05) is 18.2 Å². The third kappa shape index (κ3) is 4.85. The number of fused-ring (bicyclic) bond motifs is 2. The van der Waals surface area contributed by atoms with Crippen molar-refractivity contribution in [2.24, 2.45) is 0 Å². The van der Waals surface area contributed by atoms with Gasteiger partial charge < -0.3 is 19.1 Å². The van der Waals surface area contributed by atoms with Gasteiger partial charge in [-0.15, -0.1) is 0 Å². The van der Waals surface area contributed by atoms with Crippen LogP contribution in [-0.2, 0) is 23.2 Å². The quantitative estimate of drug-likeness (QED) is 0.248. The molecule has 0 bridgehead atoms. The highest BCUT2D eigenvalue weighted by Gasteiger charge is 2.27. The molecule has 204 valence electrons. The molecule has 0 saturated heterocycles. The first kappa shape index (κ1) is 26.8. The van der Waals surface area contributed by atoms with Crippen LogP contribution in [0.4, 0.5) is 15.8 Å². The molecule has 0 amide bonds. The summed E-state index contributed by atoms with van der Waals surface area (Å²) < 4.78 is 53.3. The summed E-state index contributed by atoms with van der Waals surface area (Å²) in [5, 5.41) is 12.7. The monoisotopic (exact) mass is 560 g/mol. The van der Waals surface area contributed by atoms with Crippen molar-refractivity contribution in [1.29, 1.82) is 0 Å². The van der Waals surface area contributed by atoms with E-state index in [1.54, 1.807) is 43.8 Å². The number of rotatable bonds is 8. The van der Waals surface area contributed by atoms with E-state index in [2.05, 4.69) is 9.83 Å². The molecule has 0 unspecified atom stereocenters. The molecule has 0 fully saturated rings. The molecule has 5 aromatic rings. The number of sulfonamides is 1. The largest absolute Gasteiger partial charge is 0.497 e. The van der Waals surface area contributed by atoms with E-state index >= 15 is 0 Å². The maximum atomic E-state index is 13.8. The van der Waals surface area contributed by atoms with Crippen molar-refractivity contribution in [2.45, 2.75) is 13.2 Å². The highest BCUT2D eigenvalue weighted by Crippen LogP contribution is 2.47. The normalized spacial score (nSPS) is 11.5. The van der Waals surface area contributed by atoms with Crippen LogP contribution in [0.15, 0.2) is 67.0 Å². The Kier molecular flexibility index (Phi) is 6.95. The summed E-state index contributed by atoms with van der Waals surface area (Å²) in [5.74, 6) is 0.212. The van der Waals surface area contributed by atoms with Gasteiger partial charge in [-0.05, 0) is 47.5 Å². The topological polar surface area (TPSA) is 98.3 Å². The molecule has 0 radical (unpaired) electrons. The highest BCUT2D eigenvalue weighted by atomic mass is 32.2. The van der Waals surface area contributed by atoms with Crippen LogP contribution in [0.25, 0.3) is 26.5 Å². The van der Waals surface area contributed by atoms with Crippen LogP contribution in [-0.4, -0.2) is 43.5 Å². The van der Waals surface area contributed by atoms with Gasteiger partial charge in [-0.3, -0.25) is 9.29 Å². The third-order valence-electron chi connectivity index (χ3n) is 6.67. The number of ether oxygens (including phenoxy) is 2. The molecule has 0 aliphatic heterocycles. The molecule has 9 nitrogen and oxygen atoms in total. The van der Waals surface area contributed by atoms with Gasteiger partial charge in [0.25, 0.3) is 0 Å². The maximum Gasteiger partial charge on any atom is 0.232 e. The van der Waals surface area contributed by atoms with Gasteiger partial charge in [0.1, 0.15) is 23.7 Å². The summed E-state index contributed by atoms with van der Waals surface area (Å²) in [5.41, 5.74) is 2.10. The molecule has 1 N–H and O–H groups in total.